The van der Waals surface area contributed by atoms with Gasteiger partial charge in [-0.3, -0.25) is 0 Å². The van der Waals surface area contributed by atoms with E-state index < -0.39 is 0 Å². The van der Waals surface area contributed by atoms with Crippen LogP contribution in [-0.2, 0) is 10.8 Å². The van der Waals surface area contributed by atoms with E-state index in [9.17, 15) is 5.11 Å². The van der Waals surface area contributed by atoms with Crippen molar-refractivity contribution in [3.8, 4) is 5.75 Å². The van der Waals surface area contributed by atoms with Gasteiger partial charge in [-0.15, -0.1) is 0 Å². The zero-order valence-electron chi connectivity index (χ0n) is 21.4. The van der Waals surface area contributed by atoms with Crippen LogP contribution in [0.4, 0.5) is 0 Å². The van der Waals surface area contributed by atoms with Gasteiger partial charge in [0.1, 0.15) is 12.1 Å². The maximum Gasteiger partial charge on any atom is 0.156 e. The number of hydrogen-bond acceptors (Lipinski definition) is 4. The van der Waals surface area contributed by atoms with Crippen LogP contribution in [0.5, 0.6) is 5.75 Å². The first-order chi connectivity index (χ1) is 16.5. The van der Waals surface area contributed by atoms with Gasteiger partial charge in [0.2, 0.25) is 0 Å². The molecule has 1 heterocycles. The van der Waals surface area contributed by atoms with Crippen molar-refractivity contribution in [1.29, 1.82) is 0 Å². The van der Waals surface area contributed by atoms with Crippen molar-refractivity contribution < 1.29 is 5.11 Å². The average molecular weight is 464 g/mol. The second kappa shape index (κ2) is 9.46. The lowest BCUT2D eigenvalue weighted by Gasteiger charge is -2.27. The average Bonchev–Trinajstić information content (AvgIpc) is 2.81. The lowest BCUT2D eigenvalue weighted by atomic mass is 9.78. The summed E-state index contributed by atoms with van der Waals surface area (Å²) in [5.41, 5.74) is 3.62. The number of phenolic OH excluding ortho intramolecular Hbond substituents is 1. The summed E-state index contributed by atoms with van der Waals surface area (Å²) in [5.74, 6) is 1.56. The second-order valence-electron chi connectivity index (χ2n) is 10.9. The van der Waals surface area contributed by atoms with Gasteiger partial charge in [-0.05, 0) is 57.0 Å². The number of aromatic nitrogens is 3. The highest BCUT2D eigenvalue weighted by Gasteiger charge is 2.26. The number of rotatable bonds is 4. The van der Waals surface area contributed by atoms with Crippen LogP contribution in [0, 0.1) is 0 Å². The minimum Gasteiger partial charge on any atom is -0.507 e. The molecule has 0 aliphatic carbocycles. The van der Waals surface area contributed by atoms with Crippen molar-refractivity contribution in [2.24, 2.45) is 0 Å². The highest BCUT2D eigenvalue weighted by atomic mass is 16.3. The van der Waals surface area contributed by atoms with Crippen LogP contribution in [-0.4, -0.2) is 20.1 Å². The van der Waals surface area contributed by atoms with E-state index in [1.807, 2.05) is 48.6 Å². The zero-order valence-corrected chi connectivity index (χ0v) is 21.4. The molecule has 4 rings (SSSR count). The van der Waals surface area contributed by atoms with Gasteiger partial charge in [0, 0.05) is 11.1 Å². The van der Waals surface area contributed by atoms with Gasteiger partial charge >= 0.3 is 0 Å². The largest absolute Gasteiger partial charge is 0.507 e. The van der Waals surface area contributed by atoms with Crippen molar-refractivity contribution in [3.05, 3.63) is 94.8 Å². The normalized spacial score (nSPS) is 12.7. The molecule has 35 heavy (non-hydrogen) atoms. The summed E-state index contributed by atoms with van der Waals surface area (Å²) >= 11 is 0. The first-order valence-electron chi connectivity index (χ1n) is 11.9. The Hall–Kier alpha value is -3.79. The maximum atomic E-state index is 11.0. The zero-order chi connectivity index (χ0) is 25.2. The van der Waals surface area contributed by atoms with E-state index in [0.29, 0.717) is 17.4 Å². The summed E-state index contributed by atoms with van der Waals surface area (Å²) in [7, 11) is 0. The molecular weight excluding hydrogens is 430 g/mol. The van der Waals surface area contributed by atoms with Crippen molar-refractivity contribution in [2.75, 3.05) is 0 Å². The summed E-state index contributed by atoms with van der Waals surface area (Å²) in [6.45, 7) is 12.7. The topological polar surface area (TPSA) is 58.9 Å². The molecule has 0 fully saturated rings. The highest BCUT2D eigenvalue weighted by molar-refractivity contribution is 5.92. The molecule has 1 aromatic heterocycles. The van der Waals surface area contributed by atoms with Crippen molar-refractivity contribution in [2.45, 2.75) is 52.4 Å². The van der Waals surface area contributed by atoms with E-state index in [1.54, 1.807) is 0 Å². The molecule has 0 radical (unpaired) electrons. The standard InChI is InChI=1S/C31H33N3O/c1-30(2,3)25-18-21(19-26(29(25)35)31(4,5)6)14-16-27-32-20-33-28(34-27)17-15-23-12-9-11-22-10-7-8-13-24(22)23/h7-20,35H,1-6H3. The summed E-state index contributed by atoms with van der Waals surface area (Å²) in [6.07, 6.45) is 9.38. The second-order valence-corrected chi connectivity index (χ2v) is 10.9. The van der Waals surface area contributed by atoms with Crippen molar-refractivity contribution in [3.63, 3.8) is 0 Å². The summed E-state index contributed by atoms with van der Waals surface area (Å²) in [5, 5.41) is 13.4. The third kappa shape index (κ3) is 5.65. The summed E-state index contributed by atoms with van der Waals surface area (Å²) in [6, 6.07) is 18.7. The van der Waals surface area contributed by atoms with Crippen molar-refractivity contribution >= 4 is 35.1 Å². The molecule has 0 atom stereocenters. The molecule has 0 bridgehead atoms. The van der Waals surface area contributed by atoms with E-state index in [1.165, 1.54) is 17.1 Å². The number of fused-ring (bicyclic) bond motifs is 1. The number of nitrogens with zero attached hydrogens (tertiary/aromatic N) is 3. The van der Waals surface area contributed by atoms with Crippen LogP contribution in [0.15, 0.2) is 60.9 Å². The van der Waals surface area contributed by atoms with Gasteiger partial charge in [-0.2, -0.15) is 0 Å². The smallest absolute Gasteiger partial charge is 0.156 e. The fraction of sp³-hybridized carbons (Fsp3) is 0.258. The third-order valence-electron chi connectivity index (χ3n) is 6.02. The molecule has 0 amide bonds. The number of aromatic hydroxyl groups is 1. The minimum absolute atomic E-state index is 0.180. The maximum absolute atomic E-state index is 11.0. The predicted octanol–water partition coefficient (Wildman–Crippen LogP) is 7.67. The molecule has 0 aliphatic rings. The molecule has 0 saturated carbocycles. The van der Waals surface area contributed by atoms with Gasteiger partial charge in [-0.1, -0.05) is 96.2 Å². The molecule has 0 saturated heterocycles. The summed E-state index contributed by atoms with van der Waals surface area (Å²) < 4.78 is 0. The summed E-state index contributed by atoms with van der Waals surface area (Å²) in [4.78, 5) is 13.2. The van der Waals surface area contributed by atoms with E-state index >= 15 is 0 Å². The fourth-order valence-electron chi connectivity index (χ4n) is 4.11. The Bertz CT molecular complexity index is 1380. The lowest BCUT2D eigenvalue weighted by Crippen LogP contribution is -2.17. The number of phenols is 1. The minimum atomic E-state index is -0.180. The van der Waals surface area contributed by atoms with E-state index in [2.05, 4.69) is 86.8 Å². The molecule has 4 heteroatoms. The fourth-order valence-corrected chi connectivity index (χ4v) is 4.11. The molecule has 0 spiro atoms. The van der Waals surface area contributed by atoms with E-state index in [4.69, 9.17) is 0 Å². The van der Waals surface area contributed by atoms with Crippen molar-refractivity contribution in [1.82, 2.24) is 15.0 Å². The van der Waals surface area contributed by atoms with Gasteiger partial charge in [-0.25, -0.2) is 15.0 Å². The Morgan fingerprint density at radius 3 is 1.89 bits per heavy atom. The van der Waals surface area contributed by atoms with E-state index in [-0.39, 0.29) is 10.8 Å². The predicted molar refractivity (Wildman–Crippen MR) is 147 cm³/mol. The molecular formula is C31H33N3O. The third-order valence-corrected chi connectivity index (χ3v) is 6.02. The quantitative estimate of drug-likeness (QED) is 0.337. The molecule has 0 unspecified atom stereocenters. The van der Waals surface area contributed by atoms with Crippen LogP contribution in [0.2, 0.25) is 0 Å². The van der Waals surface area contributed by atoms with Gasteiger partial charge in [0.25, 0.3) is 0 Å². The Labute approximate surface area is 208 Å². The lowest BCUT2D eigenvalue weighted by molar-refractivity contribution is 0.423. The van der Waals surface area contributed by atoms with Crippen LogP contribution >= 0.6 is 0 Å². The Morgan fingerprint density at radius 1 is 0.686 bits per heavy atom. The molecule has 4 aromatic rings. The number of hydrogen-bond donors (Lipinski definition) is 1. The molecule has 3 aromatic carbocycles. The number of benzene rings is 3. The first kappa shape index (κ1) is 24.3. The van der Waals surface area contributed by atoms with Gasteiger partial charge < -0.3 is 5.11 Å². The van der Waals surface area contributed by atoms with Gasteiger partial charge in [0.15, 0.2) is 11.6 Å². The van der Waals surface area contributed by atoms with Gasteiger partial charge in [0.05, 0.1) is 0 Å². The van der Waals surface area contributed by atoms with Crippen LogP contribution in [0.3, 0.4) is 0 Å². The highest BCUT2D eigenvalue weighted by Crippen LogP contribution is 2.40. The molecule has 178 valence electrons. The van der Waals surface area contributed by atoms with Crippen LogP contribution < -0.4 is 0 Å². The molecule has 1 N–H and O–H groups in total. The monoisotopic (exact) mass is 463 g/mol. The van der Waals surface area contributed by atoms with E-state index in [0.717, 1.165) is 22.3 Å². The first-order valence-corrected chi connectivity index (χ1v) is 11.9. The SMILES string of the molecule is CC(C)(C)c1cc(C=Cc2ncnc(C=Cc3cccc4ccccc34)n2)cc(C(C)(C)C)c1O. The molecule has 4 nitrogen and oxygen atoms in total. The van der Waals surface area contributed by atoms with Crippen LogP contribution in [0.1, 0.15) is 75.4 Å². The molecule has 0 aliphatic heterocycles. The Kier molecular flexibility index (Phi) is 6.58. The van der Waals surface area contributed by atoms with Crippen LogP contribution in [0.25, 0.3) is 35.1 Å². The Balaban J connectivity index is 1.64. The Morgan fingerprint density at radius 2 is 1.26 bits per heavy atom.